The van der Waals surface area contributed by atoms with Gasteiger partial charge in [0.15, 0.2) is 0 Å². The molecule has 1 rings (SSSR count). The SMILES string of the molecule is C.CC(C)CC1=NCCN1. The van der Waals surface area contributed by atoms with Crippen molar-refractivity contribution in [3.8, 4) is 0 Å². The molecule has 2 heteroatoms. The van der Waals surface area contributed by atoms with Crippen LogP contribution in [0.25, 0.3) is 0 Å². The summed E-state index contributed by atoms with van der Waals surface area (Å²) in [6, 6.07) is 0. The lowest BCUT2D eigenvalue weighted by molar-refractivity contribution is 0.675. The standard InChI is InChI=1S/C7H14N2.CH4/c1-6(2)5-7-8-3-4-9-7;/h6H,3-5H2,1-2H3,(H,8,9);1H4. The van der Waals surface area contributed by atoms with Gasteiger partial charge in [-0.25, -0.2) is 0 Å². The minimum absolute atomic E-state index is 0. The Hall–Kier alpha value is -0.530. The minimum atomic E-state index is 0. The molecular formula is C8H18N2. The number of hydrogen-bond donors (Lipinski definition) is 1. The van der Waals surface area contributed by atoms with Crippen molar-refractivity contribution in [1.29, 1.82) is 0 Å². The van der Waals surface area contributed by atoms with Crippen molar-refractivity contribution >= 4 is 5.84 Å². The first-order valence-corrected chi connectivity index (χ1v) is 3.56. The highest BCUT2D eigenvalue weighted by molar-refractivity contribution is 5.83. The van der Waals surface area contributed by atoms with Crippen molar-refractivity contribution in [2.24, 2.45) is 10.9 Å². The molecule has 2 nitrogen and oxygen atoms in total. The average molecular weight is 142 g/mol. The van der Waals surface area contributed by atoms with Crippen molar-refractivity contribution in [2.75, 3.05) is 13.1 Å². The van der Waals surface area contributed by atoms with Crippen LogP contribution in [0.5, 0.6) is 0 Å². The highest BCUT2D eigenvalue weighted by Crippen LogP contribution is 2.01. The molecule has 0 aromatic carbocycles. The third kappa shape index (κ3) is 2.85. The van der Waals surface area contributed by atoms with Crippen LogP contribution in [0.1, 0.15) is 27.7 Å². The van der Waals surface area contributed by atoms with Gasteiger partial charge in [-0.2, -0.15) is 0 Å². The zero-order valence-electron chi connectivity index (χ0n) is 6.15. The van der Waals surface area contributed by atoms with Crippen molar-refractivity contribution in [1.82, 2.24) is 5.32 Å². The molecule has 1 heterocycles. The van der Waals surface area contributed by atoms with E-state index in [9.17, 15) is 0 Å². The summed E-state index contributed by atoms with van der Waals surface area (Å²) in [7, 11) is 0. The molecule has 0 bridgehead atoms. The Kier molecular flexibility index (Phi) is 4.08. The molecule has 0 spiro atoms. The first-order chi connectivity index (χ1) is 4.29. The summed E-state index contributed by atoms with van der Waals surface area (Å²) in [5, 5.41) is 3.24. The van der Waals surface area contributed by atoms with Crippen LogP contribution in [0, 0.1) is 5.92 Å². The summed E-state index contributed by atoms with van der Waals surface area (Å²) in [5.41, 5.74) is 0. The molecule has 0 unspecified atom stereocenters. The second-order valence-electron chi connectivity index (χ2n) is 2.85. The van der Waals surface area contributed by atoms with E-state index in [0.29, 0.717) is 0 Å². The number of nitrogens with one attached hydrogen (secondary N) is 1. The van der Waals surface area contributed by atoms with E-state index in [1.54, 1.807) is 0 Å². The quantitative estimate of drug-likeness (QED) is 0.623. The number of nitrogens with zero attached hydrogens (tertiary/aromatic N) is 1. The molecule has 1 aliphatic heterocycles. The van der Waals surface area contributed by atoms with Crippen LogP contribution >= 0.6 is 0 Å². The van der Waals surface area contributed by atoms with E-state index in [1.807, 2.05) is 0 Å². The van der Waals surface area contributed by atoms with E-state index in [0.717, 1.165) is 25.4 Å². The lowest BCUT2D eigenvalue weighted by atomic mass is 10.1. The molecule has 0 aliphatic carbocycles. The molecule has 1 N–H and O–H groups in total. The van der Waals surface area contributed by atoms with Gasteiger partial charge in [0.25, 0.3) is 0 Å². The summed E-state index contributed by atoms with van der Waals surface area (Å²) in [6.45, 7) is 6.44. The topological polar surface area (TPSA) is 24.4 Å². The summed E-state index contributed by atoms with van der Waals surface area (Å²) < 4.78 is 0. The van der Waals surface area contributed by atoms with Crippen LogP contribution in [0.15, 0.2) is 4.99 Å². The van der Waals surface area contributed by atoms with E-state index in [1.165, 1.54) is 5.84 Å². The van der Waals surface area contributed by atoms with Crippen molar-refractivity contribution in [3.05, 3.63) is 0 Å². The molecule has 0 aromatic rings. The fraction of sp³-hybridized carbons (Fsp3) is 0.875. The normalized spacial score (nSPS) is 16.1. The van der Waals surface area contributed by atoms with Crippen LogP contribution in [0.3, 0.4) is 0 Å². The van der Waals surface area contributed by atoms with Gasteiger partial charge in [0.1, 0.15) is 0 Å². The maximum absolute atomic E-state index is 4.28. The maximum Gasteiger partial charge on any atom is 0.0967 e. The summed E-state index contributed by atoms with van der Waals surface area (Å²) in [4.78, 5) is 4.28. The third-order valence-corrected chi connectivity index (χ3v) is 1.35. The summed E-state index contributed by atoms with van der Waals surface area (Å²) in [5.74, 6) is 1.93. The fourth-order valence-corrected chi connectivity index (χ4v) is 0.970. The number of rotatable bonds is 2. The molecule has 10 heavy (non-hydrogen) atoms. The number of amidine groups is 1. The number of hydrogen-bond acceptors (Lipinski definition) is 2. The molecule has 0 aromatic heterocycles. The second kappa shape index (κ2) is 4.31. The molecule has 60 valence electrons. The summed E-state index contributed by atoms with van der Waals surface area (Å²) >= 11 is 0. The molecular weight excluding hydrogens is 124 g/mol. The molecule has 0 atom stereocenters. The van der Waals surface area contributed by atoms with Gasteiger partial charge >= 0.3 is 0 Å². The van der Waals surface area contributed by atoms with Crippen LogP contribution < -0.4 is 5.32 Å². The van der Waals surface area contributed by atoms with Gasteiger partial charge in [-0.3, -0.25) is 4.99 Å². The Bertz CT molecular complexity index is 116. The van der Waals surface area contributed by atoms with Crippen molar-refractivity contribution in [2.45, 2.75) is 27.7 Å². The molecule has 0 amide bonds. The molecule has 0 saturated heterocycles. The van der Waals surface area contributed by atoms with Crippen LogP contribution in [-0.2, 0) is 0 Å². The van der Waals surface area contributed by atoms with Crippen LogP contribution in [0.4, 0.5) is 0 Å². The zero-order chi connectivity index (χ0) is 6.69. The predicted molar refractivity (Wildman–Crippen MR) is 46.5 cm³/mol. The van der Waals surface area contributed by atoms with Gasteiger partial charge in [-0.15, -0.1) is 0 Å². The zero-order valence-corrected chi connectivity index (χ0v) is 6.15. The lowest BCUT2D eigenvalue weighted by Gasteiger charge is -2.03. The van der Waals surface area contributed by atoms with Gasteiger partial charge in [0.2, 0.25) is 0 Å². The van der Waals surface area contributed by atoms with Gasteiger partial charge in [-0.1, -0.05) is 21.3 Å². The van der Waals surface area contributed by atoms with Crippen LogP contribution in [0.2, 0.25) is 0 Å². The highest BCUT2D eigenvalue weighted by atomic mass is 15.1. The minimum Gasteiger partial charge on any atom is -0.372 e. The van der Waals surface area contributed by atoms with Crippen LogP contribution in [-0.4, -0.2) is 18.9 Å². The average Bonchev–Trinajstić information content (AvgIpc) is 2.15. The van der Waals surface area contributed by atoms with E-state index in [4.69, 9.17) is 0 Å². The monoisotopic (exact) mass is 142 g/mol. The fourth-order valence-electron chi connectivity index (χ4n) is 0.970. The van der Waals surface area contributed by atoms with Gasteiger partial charge in [0.05, 0.1) is 12.4 Å². The summed E-state index contributed by atoms with van der Waals surface area (Å²) in [6.07, 6.45) is 1.11. The molecule has 0 fully saturated rings. The highest BCUT2D eigenvalue weighted by Gasteiger charge is 2.05. The first kappa shape index (κ1) is 9.47. The van der Waals surface area contributed by atoms with Gasteiger partial charge < -0.3 is 5.32 Å². The van der Waals surface area contributed by atoms with E-state index in [-0.39, 0.29) is 7.43 Å². The number of aliphatic imine (C=N–C) groups is 1. The smallest absolute Gasteiger partial charge is 0.0967 e. The molecule has 0 saturated carbocycles. The van der Waals surface area contributed by atoms with Crippen molar-refractivity contribution in [3.63, 3.8) is 0 Å². The van der Waals surface area contributed by atoms with E-state index < -0.39 is 0 Å². The first-order valence-electron chi connectivity index (χ1n) is 3.56. The van der Waals surface area contributed by atoms with E-state index in [2.05, 4.69) is 24.2 Å². The third-order valence-electron chi connectivity index (χ3n) is 1.35. The predicted octanol–water partition coefficient (Wildman–Crippen LogP) is 1.67. The molecule has 0 radical (unpaired) electrons. The Morgan fingerprint density at radius 1 is 1.60 bits per heavy atom. The second-order valence-corrected chi connectivity index (χ2v) is 2.85. The Balaban J connectivity index is 0.000000810. The Labute approximate surface area is 63.7 Å². The van der Waals surface area contributed by atoms with Crippen molar-refractivity contribution < 1.29 is 0 Å². The maximum atomic E-state index is 4.28. The van der Waals surface area contributed by atoms with E-state index >= 15 is 0 Å². The molecule has 1 aliphatic rings. The Morgan fingerprint density at radius 3 is 2.70 bits per heavy atom. The lowest BCUT2D eigenvalue weighted by Crippen LogP contribution is -2.19. The van der Waals surface area contributed by atoms with Gasteiger partial charge in [0, 0.05) is 13.0 Å². The largest absolute Gasteiger partial charge is 0.372 e. The van der Waals surface area contributed by atoms with Gasteiger partial charge in [-0.05, 0) is 5.92 Å². The Morgan fingerprint density at radius 2 is 2.30 bits per heavy atom.